The van der Waals surface area contributed by atoms with Crippen molar-refractivity contribution in [2.45, 2.75) is 31.2 Å². The van der Waals surface area contributed by atoms with Gasteiger partial charge in [-0.05, 0) is 69.3 Å². The second-order valence-corrected chi connectivity index (χ2v) is 10.2. The van der Waals surface area contributed by atoms with Gasteiger partial charge < -0.3 is 4.74 Å². The first kappa shape index (κ1) is 24.4. The molecule has 8 nitrogen and oxygen atoms in total. The van der Waals surface area contributed by atoms with Gasteiger partial charge in [0, 0.05) is 5.69 Å². The van der Waals surface area contributed by atoms with Crippen molar-refractivity contribution in [1.82, 2.24) is 0 Å². The van der Waals surface area contributed by atoms with Crippen molar-refractivity contribution in [2.75, 3.05) is 23.0 Å². The summed E-state index contributed by atoms with van der Waals surface area (Å²) in [5.74, 6) is 0.154. The topological polar surface area (TPSA) is 93.2 Å². The molecule has 9 heteroatoms. The summed E-state index contributed by atoms with van der Waals surface area (Å²) >= 11 is 0. The van der Waals surface area contributed by atoms with E-state index in [1.807, 2.05) is 13.0 Å². The van der Waals surface area contributed by atoms with Crippen molar-refractivity contribution < 1.29 is 26.9 Å². The van der Waals surface area contributed by atoms with Crippen LogP contribution in [0.5, 0.6) is 5.75 Å². The number of anilines is 2. The van der Waals surface area contributed by atoms with E-state index in [9.17, 15) is 18.0 Å². The van der Waals surface area contributed by atoms with Crippen molar-refractivity contribution in [3.63, 3.8) is 0 Å². The average Bonchev–Trinajstić information content (AvgIpc) is 3.01. The number of hydrogen-bond donors (Lipinski definition) is 0. The van der Waals surface area contributed by atoms with E-state index in [-0.39, 0.29) is 24.0 Å². The normalized spacial score (nSPS) is 15.5. The van der Waals surface area contributed by atoms with Crippen molar-refractivity contribution >= 4 is 33.4 Å². The number of hydrogen-bond acceptors (Lipinski definition) is 6. The molecule has 0 atom stereocenters. The fraction of sp³-hybridized carbons (Fsp3) is 0.231. The van der Waals surface area contributed by atoms with E-state index in [0.717, 1.165) is 5.56 Å². The first-order valence-corrected chi connectivity index (χ1v) is 12.4. The zero-order chi connectivity index (χ0) is 25.2. The Labute approximate surface area is 204 Å². The molecule has 0 radical (unpaired) electrons. The number of imide groups is 1. The van der Waals surface area contributed by atoms with Crippen LogP contribution in [0, 0.1) is 6.92 Å². The predicted molar refractivity (Wildman–Crippen MR) is 132 cm³/mol. The number of rotatable bonds is 8. The van der Waals surface area contributed by atoms with Gasteiger partial charge in [0.2, 0.25) is 0 Å². The molecule has 0 aromatic heterocycles. The molecule has 0 saturated carbocycles. The lowest BCUT2D eigenvalue weighted by Crippen LogP contribution is -2.44. The van der Waals surface area contributed by atoms with Crippen LogP contribution < -0.4 is 14.5 Å². The van der Waals surface area contributed by atoms with Crippen LogP contribution in [-0.2, 0) is 19.1 Å². The highest BCUT2D eigenvalue weighted by atomic mass is 32.2. The molecule has 0 bridgehead atoms. The summed E-state index contributed by atoms with van der Waals surface area (Å²) in [4.78, 5) is 28.9. The number of para-hydroxylation sites is 1. The van der Waals surface area contributed by atoms with Gasteiger partial charge in [-0.2, -0.15) is 8.42 Å². The van der Waals surface area contributed by atoms with Crippen molar-refractivity contribution in [1.29, 1.82) is 0 Å². The lowest BCUT2D eigenvalue weighted by atomic mass is 10.0. The van der Waals surface area contributed by atoms with Gasteiger partial charge in [0.05, 0.1) is 10.6 Å². The summed E-state index contributed by atoms with van der Waals surface area (Å²) in [5.41, 5.74) is 0.927. The quantitative estimate of drug-likeness (QED) is 0.260. The second kappa shape index (κ2) is 9.52. The zero-order valence-electron chi connectivity index (χ0n) is 19.7. The molecular formula is C26H26N2O6S. The minimum atomic E-state index is -3.86. The van der Waals surface area contributed by atoms with Crippen molar-refractivity contribution in [3.05, 3.63) is 84.4 Å². The van der Waals surface area contributed by atoms with E-state index in [4.69, 9.17) is 8.92 Å². The molecule has 1 heterocycles. The Morgan fingerprint density at radius 2 is 1.43 bits per heavy atom. The number of carbonyl (C=O) groups excluding carboxylic acids is 2. The highest BCUT2D eigenvalue weighted by Crippen LogP contribution is 2.36. The Morgan fingerprint density at radius 3 is 2.06 bits per heavy atom. The van der Waals surface area contributed by atoms with Gasteiger partial charge >= 0.3 is 6.03 Å². The first-order chi connectivity index (χ1) is 16.6. The number of benzene rings is 3. The smallest absolute Gasteiger partial charge is 0.336 e. The minimum Gasteiger partial charge on any atom is -0.491 e. The third-order valence-electron chi connectivity index (χ3n) is 5.68. The largest absolute Gasteiger partial charge is 0.491 e. The highest BCUT2D eigenvalue weighted by Gasteiger charge is 2.52. The molecule has 1 aliphatic rings. The third-order valence-corrected chi connectivity index (χ3v) is 7.00. The molecule has 1 aliphatic heterocycles. The molecule has 35 heavy (non-hydrogen) atoms. The second-order valence-electron chi connectivity index (χ2n) is 8.58. The van der Waals surface area contributed by atoms with Crippen LogP contribution in [0.1, 0.15) is 19.4 Å². The SMILES string of the molecule is Cc1ccc(S(=O)(=O)OCCOc2ccc(N3C(=O)N(c4ccccc4)C(=O)C3(C)C)cc2)cc1. The molecule has 3 amide bonds. The summed E-state index contributed by atoms with van der Waals surface area (Å²) in [5, 5.41) is 0. The van der Waals surface area contributed by atoms with E-state index in [0.29, 0.717) is 17.1 Å². The number of carbonyl (C=O) groups is 2. The molecule has 1 saturated heterocycles. The highest BCUT2D eigenvalue weighted by molar-refractivity contribution is 7.86. The lowest BCUT2D eigenvalue weighted by Gasteiger charge is -2.27. The fourth-order valence-corrected chi connectivity index (χ4v) is 4.69. The van der Waals surface area contributed by atoms with Gasteiger partial charge in [-0.25, -0.2) is 9.69 Å². The monoisotopic (exact) mass is 494 g/mol. The zero-order valence-corrected chi connectivity index (χ0v) is 20.5. The third kappa shape index (κ3) is 4.91. The maximum absolute atomic E-state index is 13.2. The number of ether oxygens (including phenoxy) is 1. The van der Waals surface area contributed by atoms with Crippen LogP contribution in [0.4, 0.5) is 16.2 Å². The molecular weight excluding hydrogens is 468 g/mol. The van der Waals surface area contributed by atoms with E-state index >= 15 is 0 Å². The number of aryl methyl sites for hydroxylation is 1. The maximum Gasteiger partial charge on any atom is 0.336 e. The van der Waals surface area contributed by atoms with Gasteiger partial charge in [0.1, 0.15) is 24.5 Å². The Balaban J connectivity index is 1.39. The van der Waals surface area contributed by atoms with Gasteiger partial charge in [-0.1, -0.05) is 35.9 Å². The summed E-state index contributed by atoms with van der Waals surface area (Å²) in [7, 11) is -3.86. The molecule has 0 spiro atoms. The van der Waals surface area contributed by atoms with E-state index in [2.05, 4.69) is 0 Å². The molecule has 182 valence electrons. The van der Waals surface area contributed by atoms with Crippen LogP contribution >= 0.6 is 0 Å². The van der Waals surface area contributed by atoms with Crippen molar-refractivity contribution in [3.8, 4) is 5.75 Å². The van der Waals surface area contributed by atoms with Crippen LogP contribution in [0.3, 0.4) is 0 Å². The molecule has 4 rings (SSSR count). The molecule has 0 unspecified atom stereocenters. The lowest BCUT2D eigenvalue weighted by molar-refractivity contribution is -0.120. The number of amides is 3. The Bertz CT molecular complexity index is 1320. The van der Waals surface area contributed by atoms with Crippen LogP contribution in [0.15, 0.2) is 83.8 Å². The molecule has 0 N–H and O–H groups in total. The van der Waals surface area contributed by atoms with Crippen molar-refractivity contribution in [2.24, 2.45) is 0 Å². The van der Waals surface area contributed by atoms with E-state index in [1.54, 1.807) is 74.5 Å². The summed E-state index contributed by atoms with van der Waals surface area (Å²) in [6, 6.07) is 21.4. The number of urea groups is 1. The standard InChI is InChI=1S/C26H26N2O6S/c1-19-9-15-23(16-10-19)35(31,32)34-18-17-33-22-13-11-21(12-14-22)28-25(30)27(24(29)26(28,2)3)20-7-5-4-6-8-20/h4-16H,17-18H2,1-3H3. The summed E-state index contributed by atoms with van der Waals surface area (Å²) in [6.45, 7) is 5.13. The summed E-state index contributed by atoms with van der Waals surface area (Å²) < 4.78 is 35.1. The Kier molecular flexibility index (Phi) is 6.64. The molecule has 3 aromatic carbocycles. The van der Waals surface area contributed by atoms with Gasteiger partial charge in [-0.15, -0.1) is 0 Å². The Morgan fingerprint density at radius 1 is 0.800 bits per heavy atom. The number of nitrogens with zero attached hydrogens (tertiary/aromatic N) is 2. The van der Waals surface area contributed by atoms with Crippen LogP contribution in [0.2, 0.25) is 0 Å². The predicted octanol–water partition coefficient (Wildman–Crippen LogP) is 4.53. The molecule has 3 aromatic rings. The molecule has 0 aliphatic carbocycles. The summed E-state index contributed by atoms with van der Waals surface area (Å²) in [6.07, 6.45) is 0. The minimum absolute atomic E-state index is 0.0127. The Hall–Kier alpha value is -3.69. The fourth-order valence-electron chi connectivity index (χ4n) is 3.80. The van der Waals surface area contributed by atoms with Gasteiger partial charge in [0.15, 0.2) is 0 Å². The maximum atomic E-state index is 13.2. The van der Waals surface area contributed by atoms with Gasteiger partial charge in [-0.3, -0.25) is 13.9 Å². The van der Waals surface area contributed by atoms with Crippen LogP contribution in [0.25, 0.3) is 0 Å². The van der Waals surface area contributed by atoms with E-state index < -0.39 is 21.7 Å². The molecule has 1 fully saturated rings. The van der Waals surface area contributed by atoms with Crippen LogP contribution in [-0.4, -0.2) is 39.1 Å². The first-order valence-electron chi connectivity index (χ1n) is 11.0. The van der Waals surface area contributed by atoms with E-state index in [1.165, 1.54) is 21.9 Å². The van der Waals surface area contributed by atoms with Gasteiger partial charge in [0.25, 0.3) is 16.0 Å². The average molecular weight is 495 g/mol.